The lowest BCUT2D eigenvalue weighted by atomic mass is 9.83. The van der Waals surface area contributed by atoms with Crippen LogP contribution in [0.3, 0.4) is 0 Å². The van der Waals surface area contributed by atoms with Crippen LogP contribution in [0, 0.1) is 5.82 Å². The number of ether oxygens (including phenoxy) is 1. The van der Waals surface area contributed by atoms with Gasteiger partial charge in [0, 0.05) is 6.61 Å². The summed E-state index contributed by atoms with van der Waals surface area (Å²) in [7, 11) is 0. The summed E-state index contributed by atoms with van der Waals surface area (Å²) in [6, 6.07) is 7.04. The van der Waals surface area contributed by atoms with Crippen LogP contribution >= 0.6 is 0 Å². The highest BCUT2D eigenvalue weighted by atomic mass is 19.1. The molecule has 0 unspecified atom stereocenters. The molecule has 1 aliphatic carbocycles. The normalized spacial score (nSPS) is 24.8. The second-order valence-corrected chi connectivity index (χ2v) is 4.90. The van der Waals surface area contributed by atoms with Gasteiger partial charge in [0.05, 0.1) is 6.10 Å². The molecule has 2 heteroatoms. The first-order chi connectivity index (χ1) is 8.29. The summed E-state index contributed by atoms with van der Waals surface area (Å²) < 4.78 is 18.9. The Labute approximate surface area is 103 Å². The van der Waals surface area contributed by atoms with Crippen molar-refractivity contribution in [2.24, 2.45) is 0 Å². The number of benzene rings is 1. The number of rotatable bonds is 4. The topological polar surface area (TPSA) is 9.23 Å². The summed E-state index contributed by atoms with van der Waals surface area (Å²) in [4.78, 5) is 0. The molecule has 2 rings (SSSR count). The minimum absolute atomic E-state index is 0.119. The Morgan fingerprint density at radius 2 is 2.00 bits per heavy atom. The van der Waals surface area contributed by atoms with Crippen LogP contribution in [0.25, 0.3) is 0 Å². The molecule has 0 aliphatic heterocycles. The highest BCUT2D eigenvalue weighted by molar-refractivity contribution is 5.21. The van der Waals surface area contributed by atoms with Crippen LogP contribution in [0.5, 0.6) is 0 Å². The molecule has 0 heterocycles. The lowest BCUT2D eigenvalue weighted by Gasteiger charge is -2.28. The maximum absolute atomic E-state index is 13.1. The Kier molecular flexibility index (Phi) is 4.55. The van der Waals surface area contributed by atoms with Crippen LogP contribution in [0.1, 0.15) is 50.5 Å². The molecule has 0 radical (unpaired) electrons. The van der Waals surface area contributed by atoms with Crippen LogP contribution < -0.4 is 0 Å². The van der Waals surface area contributed by atoms with Crippen LogP contribution in [-0.2, 0) is 4.74 Å². The van der Waals surface area contributed by atoms with E-state index in [1.807, 2.05) is 12.1 Å². The Morgan fingerprint density at radius 1 is 1.24 bits per heavy atom. The van der Waals surface area contributed by atoms with E-state index in [0.29, 0.717) is 12.0 Å². The smallest absolute Gasteiger partial charge is 0.123 e. The molecule has 1 saturated carbocycles. The van der Waals surface area contributed by atoms with Gasteiger partial charge in [0.25, 0.3) is 0 Å². The summed E-state index contributed by atoms with van der Waals surface area (Å²) in [6.07, 6.45) is 5.99. The Balaban J connectivity index is 1.86. The standard InChI is InChI=1S/C15H21FO/c1-2-10-17-15-8-6-12(7-9-15)13-4-3-5-14(16)11-13/h3-5,11-12,15H,2,6-10H2,1H3. The molecule has 0 N–H and O–H groups in total. The van der Waals surface area contributed by atoms with E-state index in [2.05, 4.69) is 6.92 Å². The average Bonchev–Trinajstić information content (AvgIpc) is 2.37. The zero-order valence-corrected chi connectivity index (χ0v) is 10.5. The van der Waals surface area contributed by atoms with Crippen molar-refractivity contribution >= 4 is 0 Å². The first-order valence-electron chi connectivity index (χ1n) is 6.66. The van der Waals surface area contributed by atoms with Crippen molar-refractivity contribution in [1.82, 2.24) is 0 Å². The third kappa shape index (κ3) is 3.53. The maximum atomic E-state index is 13.1. The quantitative estimate of drug-likeness (QED) is 0.758. The largest absolute Gasteiger partial charge is 0.378 e. The molecular weight excluding hydrogens is 215 g/mol. The molecule has 1 nitrogen and oxygen atoms in total. The first-order valence-corrected chi connectivity index (χ1v) is 6.66. The van der Waals surface area contributed by atoms with Gasteiger partial charge in [-0.1, -0.05) is 19.1 Å². The summed E-state index contributed by atoms with van der Waals surface area (Å²) >= 11 is 0. The predicted octanol–water partition coefficient (Wildman–Crippen LogP) is 4.28. The van der Waals surface area contributed by atoms with Crippen molar-refractivity contribution in [3.05, 3.63) is 35.6 Å². The van der Waals surface area contributed by atoms with Crippen LogP contribution in [-0.4, -0.2) is 12.7 Å². The van der Waals surface area contributed by atoms with Crippen molar-refractivity contribution in [2.75, 3.05) is 6.61 Å². The van der Waals surface area contributed by atoms with Gasteiger partial charge in [0.1, 0.15) is 5.82 Å². The maximum Gasteiger partial charge on any atom is 0.123 e. The Morgan fingerprint density at radius 3 is 2.65 bits per heavy atom. The van der Waals surface area contributed by atoms with E-state index in [0.717, 1.165) is 44.3 Å². The Bertz CT molecular complexity index is 343. The van der Waals surface area contributed by atoms with Gasteiger partial charge in [-0.05, 0) is 55.7 Å². The average molecular weight is 236 g/mol. The van der Waals surface area contributed by atoms with E-state index in [1.54, 1.807) is 6.07 Å². The molecule has 0 aromatic heterocycles. The molecule has 1 fully saturated rings. The third-order valence-corrected chi connectivity index (χ3v) is 3.55. The number of hydrogen-bond donors (Lipinski definition) is 0. The summed E-state index contributed by atoms with van der Waals surface area (Å²) in [5.74, 6) is 0.402. The van der Waals surface area contributed by atoms with Gasteiger partial charge in [-0.15, -0.1) is 0 Å². The first kappa shape index (κ1) is 12.6. The van der Waals surface area contributed by atoms with Crippen molar-refractivity contribution in [3.8, 4) is 0 Å². The van der Waals surface area contributed by atoms with Gasteiger partial charge in [-0.2, -0.15) is 0 Å². The van der Waals surface area contributed by atoms with Crippen molar-refractivity contribution in [2.45, 2.75) is 51.0 Å². The van der Waals surface area contributed by atoms with Gasteiger partial charge in [0.15, 0.2) is 0 Å². The highest BCUT2D eigenvalue weighted by Gasteiger charge is 2.22. The van der Waals surface area contributed by atoms with Gasteiger partial charge in [-0.3, -0.25) is 0 Å². The van der Waals surface area contributed by atoms with Crippen LogP contribution in [0.2, 0.25) is 0 Å². The second kappa shape index (κ2) is 6.15. The zero-order chi connectivity index (χ0) is 12.1. The van der Waals surface area contributed by atoms with E-state index < -0.39 is 0 Å². The van der Waals surface area contributed by atoms with Crippen LogP contribution in [0.15, 0.2) is 24.3 Å². The molecule has 0 spiro atoms. The third-order valence-electron chi connectivity index (χ3n) is 3.55. The number of halogens is 1. The van der Waals surface area contributed by atoms with Gasteiger partial charge >= 0.3 is 0 Å². The number of hydrogen-bond acceptors (Lipinski definition) is 1. The monoisotopic (exact) mass is 236 g/mol. The molecule has 0 atom stereocenters. The summed E-state index contributed by atoms with van der Waals surface area (Å²) in [5, 5.41) is 0. The van der Waals surface area contributed by atoms with Crippen molar-refractivity contribution in [1.29, 1.82) is 0 Å². The molecule has 0 bridgehead atoms. The lowest BCUT2D eigenvalue weighted by molar-refractivity contribution is 0.0251. The molecule has 1 aliphatic rings. The van der Waals surface area contributed by atoms with E-state index >= 15 is 0 Å². The van der Waals surface area contributed by atoms with E-state index in [1.165, 1.54) is 6.07 Å². The summed E-state index contributed by atoms with van der Waals surface area (Å²) in [6.45, 7) is 3.01. The molecule has 0 saturated heterocycles. The zero-order valence-electron chi connectivity index (χ0n) is 10.5. The molecule has 94 valence electrons. The fourth-order valence-corrected chi connectivity index (χ4v) is 2.61. The van der Waals surface area contributed by atoms with Gasteiger partial charge < -0.3 is 4.74 Å². The molecule has 1 aromatic rings. The van der Waals surface area contributed by atoms with E-state index in [9.17, 15) is 4.39 Å². The second-order valence-electron chi connectivity index (χ2n) is 4.90. The lowest BCUT2D eigenvalue weighted by Crippen LogP contribution is -2.21. The minimum Gasteiger partial charge on any atom is -0.378 e. The van der Waals surface area contributed by atoms with Crippen molar-refractivity contribution < 1.29 is 9.13 Å². The molecular formula is C15H21FO. The molecule has 0 amide bonds. The molecule has 1 aromatic carbocycles. The van der Waals surface area contributed by atoms with Crippen molar-refractivity contribution in [3.63, 3.8) is 0 Å². The fraction of sp³-hybridized carbons (Fsp3) is 0.600. The van der Waals surface area contributed by atoms with E-state index in [4.69, 9.17) is 4.74 Å². The van der Waals surface area contributed by atoms with Gasteiger partial charge in [-0.25, -0.2) is 4.39 Å². The van der Waals surface area contributed by atoms with E-state index in [-0.39, 0.29) is 5.82 Å². The Hall–Kier alpha value is -0.890. The summed E-state index contributed by atoms with van der Waals surface area (Å²) in [5.41, 5.74) is 1.15. The van der Waals surface area contributed by atoms with Crippen LogP contribution in [0.4, 0.5) is 4.39 Å². The SMILES string of the molecule is CCCOC1CCC(c2cccc(F)c2)CC1. The highest BCUT2D eigenvalue weighted by Crippen LogP contribution is 2.34. The minimum atomic E-state index is -0.119. The van der Waals surface area contributed by atoms with Gasteiger partial charge in [0.2, 0.25) is 0 Å². The molecule has 17 heavy (non-hydrogen) atoms. The predicted molar refractivity (Wildman–Crippen MR) is 67.6 cm³/mol. The fourth-order valence-electron chi connectivity index (χ4n) is 2.61.